The molecule has 1 aromatic rings. The van der Waals surface area contributed by atoms with Crippen LogP contribution < -0.4 is 11.3 Å². The lowest BCUT2D eigenvalue weighted by atomic mass is 9.96. The molecule has 0 aliphatic rings. The van der Waals surface area contributed by atoms with E-state index in [1.807, 2.05) is 0 Å². The number of para-hydroxylation sites is 1. The maximum absolute atomic E-state index is 11.5. The molecule has 0 fully saturated rings. The Morgan fingerprint density at radius 3 is 2.67 bits per heavy atom. The largest absolute Gasteiger partial charge is 0.294 e. The fourth-order valence-corrected chi connectivity index (χ4v) is 2.36. The smallest absolute Gasteiger partial charge is 0.282 e. The van der Waals surface area contributed by atoms with Gasteiger partial charge in [0, 0.05) is 11.8 Å². The van der Waals surface area contributed by atoms with Crippen molar-refractivity contribution in [2.45, 2.75) is 18.7 Å². The van der Waals surface area contributed by atoms with E-state index in [9.17, 15) is 14.9 Å². The van der Waals surface area contributed by atoms with Crippen molar-refractivity contribution < 1.29 is 9.72 Å². The molecule has 3 N–H and O–H groups in total. The normalized spacial score (nSPS) is 11.1. The zero-order valence-corrected chi connectivity index (χ0v) is 11.0. The highest BCUT2D eigenvalue weighted by Gasteiger charge is 2.28. The van der Waals surface area contributed by atoms with Gasteiger partial charge in [-0.2, -0.15) is 0 Å². The minimum Gasteiger partial charge on any atom is -0.294 e. The number of nitro groups is 1. The van der Waals surface area contributed by atoms with Crippen LogP contribution in [0, 0.1) is 15.5 Å². The summed E-state index contributed by atoms with van der Waals surface area (Å²) >= 11 is 1.27. The second kappa shape index (κ2) is 5.83. The van der Waals surface area contributed by atoms with Crippen molar-refractivity contribution >= 4 is 23.4 Å². The van der Waals surface area contributed by atoms with Gasteiger partial charge in [0.1, 0.15) is 0 Å². The summed E-state index contributed by atoms with van der Waals surface area (Å²) < 4.78 is 0. The molecular weight excluding hydrogens is 254 g/mol. The predicted molar refractivity (Wildman–Crippen MR) is 69.9 cm³/mol. The van der Waals surface area contributed by atoms with E-state index in [0.717, 1.165) is 0 Å². The summed E-state index contributed by atoms with van der Waals surface area (Å²) in [5.74, 6) is 5.19. The Morgan fingerprint density at radius 1 is 1.50 bits per heavy atom. The molecule has 0 aliphatic heterocycles. The monoisotopic (exact) mass is 269 g/mol. The zero-order valence-electron chi connectivity index (χ0n) is 10.2. The molecule has 0 saturated heterocycles. The molecular formula is C11H15N3O3S. The molecule has 98 valence electrons. The molecule has 0 spiro atoms. The number of carbonyl (C=O) groups is 1. The highest BCUT2D eigenvalue weighted by molar-refractivity contribution is 7.99. The molecule has 7 heteroatoms. The first-order valence-electron chi connectivity index (χ1n) is 5.26. The number of nitro benzene ring substituents is 1. The van der Waals surface area contributed by atoms with Crippen LogP contribution in [0.5, 0.6) is 0 Å². The number of nitrogens with one attached hydrogen (secondary N) is 1. The first-order valence-corrected chi connectivity index (χ1v) is 6.24. The molecule has 6 nitrogen and oxygen atoms in total. The maximum atomic E-state index is 11.5. The fraction of sp³-hybridized carbons (Fsp3) is 0.364. The first kappa shape index (κ1) is 14.5. The number of nitrogens with two attached hydrogens (primary N) is 1. The molecule has 0 heterocycles. The van der Waals surface area contributed by atoms with Crippen molar-refractivity contribution in [3.63, 3.8) is 0 Å². The van der Waals surface area contributed by atoms with Gasteiger partial charge < -0.3 is 0 Å². The van der Waals surface area contributed by atoms with Crippen molar-refractivity contribution in [2.75, 3.05) is 5.75 Å². The van der Waals surface area contributed by atoms with Crippen LogP contribution in [0.15, 0.2) is 29.2 Å². The molecule has 0 atom stereocenters. The van der Waals surface area contributed by atoms with E-state index in [1.165, 1.54) is 17.8 Å². The van der Waals surface area contributed by atoms with E-state index < -0.39 is 10.3 Å². The number of thioether (sulfide) groups is 1. The predicted octanol–water partition coefficient (Wildman–Crippen LogP) is 1.70. The van der Waals surface area contributed by atoms with Crippen LogP contribution in [0.25, 0.3) is 0 Å². The SMILES string of the molecule is CC(C)(CSc1ccccc1[N+](=O)[O-])C(=O)NN. The van der Waals surface area contributed by atoms with Gasteiger partial charge in [0.25, 0.3) is 5.69 Å². The van der Waals surface area contributed by atoms with Gasteiger partial charge in [0.05, 0.1) is 15.2 Å². The zero-order chi connectivity index (χ0) is 13.8. The van der Waals surface area contributed by atoms with Crippen LogP contribution in [-0.2, 0) is 4.79 Å². The molecule has 0 aliphatic carbocycles. The van der Waals surface area contributed by atoms with Gasteiger partial charge in [0.2, 0.25) is 5.91 Å². The number of hydrogen-bond donors (Lipinski definition) is 2. The molecule has 0 saturated carbocycles. The second-order valence-corrected chi connectivity index (χ2v) is 5.39. The lowest BCUT2D eigenvalue weighted by molar-refractivity contribution is -0.387. The Labute approximate surface area is 109 Å². The third-order valence-corrected chi connectivity index (χ3v) is 3.92. The van der Waals surface area contributed by atoms with Gasteiger partial charge in [-0.15, -0.1) is 11.8 Å². The summed E-state index contributed by atoms with van der Waals surface area (Å²) in [6, 6.07) is 6.45. The van der Waals surface area contributed by atoms with Crippen LogP contribution >= 0.6 is 11.8 Å². The van der Waals surface area contributed by atoms with Crippen molar-refractivity contribution in [3.05, 3.63) is 34.4 Å². The van der Waals surface area contributed by atoms with Crippen LogP contribution in [0.2, 0.25) is 0 Å². The van der Waals surface area contributed by atoms with Crippen molar-refractivity contribution in [1.29, 1.82) is 0 Å². The molecule has 18 heavy (non-hydrogen) atoms. The topological polar surface area (TPSA) is 98.3 Å². The first-order chi connectivity index (χ1) is 8.38. The van der Waals surface area contributed by atoms with Crippen molar-refractivity contribution in [3.8, 4) is 0 Å². The highest BCUT2D eigenvalue weighted by atomic mass is 32.2. The quantitative estimate of drug-likeness (QED) is 0.279. The molecule has 0 aromatic heterocycles. The lowest BCUT2D eigenvalue weighted by Crippen LogP contribution is -2.42. The van der Waals surface area contributed by atoms with E-state index >= 15 is 0 Å². The van der Waals surface area contributed by atoms with Crippen LogP contribution in [0.4, 0.5) is 5.69 Å². The van der Waals surface area contributed by atoms with Crippen LogP contribution in [0.1, 0.15) is 13.8 Å². The molecule has 1 amide bonds. The Bertz CT molecular complexity index is 463. The maximum Gasteiger partial charge on any atom is 0.282 e. The summed E-state index contributed by atoms with van der Waals surface area (Å²) in [6.45, 7) is 3.47. The van der Waals surface area contributed by atoms with Gasteiger partial charge >= 0.3 is 0 Å². The van der Waals surface area contributed by atoms with E-state index in [1.54, 1.807) is 32.0 Å². The fourth-order valence-electron chi connectivity index (χ4n) is 1.25. The molecule has 0 bridgehead atoms. The Hall–Kier alpha value is -1.60. The van der Waals surface area contributed by atoms with Gasteiger partial charge in [-0.05, 0) is 6.07 Å². The minimum absolute atomic E-state index is 0.0476. The number of rotatable bonds is 5. The van der Waals surface area contributed by atoms with Crippen LogP contribution in [-0.4, -0.2) is 16.6 Å². The number of hydrogen-bond acceptors (Lipinski definition) is 5. The Morgan fingerprint density at radius 2 is 2.11 bits per heavy atom. The third kappa shape index (κ3) is 3.44. The number of nitrogens with zero attached hydrogens (tertiary/aromatic N) is 1. The number of benzene rings is 1. The van der Waals surface area contributed by atoms with E-state index in [0.29, 0.717) is 10.6 Å². The van der Waals surface area contributed by atoms with E-state index in [4.69, 9.17) is 5.84 Å². The highest BCUT2D eigenvalue weighted by Crippen LogP contribution is 2.33. The standard InChI is InChI=1S/C11H15N3O3S/c1-11(2,10(15)13-12)7-18-9-6-4-3-5-8(9)14(16)17/h3-6H,7,12H2,1-2H3,(H,13,15). The summed E-state index contributed by atoms with van der Waals surface area (Å²) in [6.07, 6.45) is 0. The molecule has 1 rings (SSSR count). The van der Waals surface area contributed by atoms with Crippen molar-refractivity contribution in [1.82, 2.24) is 5.43 Å². The summed E-state index contributed by atoms with van der Waals surface area (Å²) in [4.78, 5) is 22.4. The average molecular weight is 269 g/mol. The second-order valence-electron chi connectivity index (χ2n) is 4.37. The van der Waals surface area contributed by atoms with Gasteiger partial charge in [-0.25, -0.2) is 5.84 Å². The summed E-state index contributed by atoms with van der Waals surface area (Å²) in [5, 5.41) is 10.8. The minimum atomic E-state index is -0.691. The van der Waals surface area contributed by atoms with Gasteiger partial charge in [-0.1, -0.05) is 26.0 Å². The molecule has 1 aromatic carbocycles. The Balaban J connectivity index is 2.81. The van der Waals surface area contributed by atoms with Gasteiger partial charge in [0.15, 0.2) is 0 Å². The number of amides is 1. The molecule has 0 unspecified atom stereocenters. The van der Waals surface area contributed by atoms with E-state index in [2.05, 4.69) is 5.43 Å². The average Bonchev–Trinajstić information content (AvgIpc) is 2.35. The number of carbonyl (C=O) groups excluding carboxylic acids is 1. The number of hydrazine groups is 1. The summed E-state index contributed by atoms with van der Waals surface area (Å²) in [7, 11) is 0. The third-order valence-electron chi connectivity index (χ3n) is 2.40. The van der Waals surface area contributed by atoms with Gasteiger partial charge in [-0.3, -0.25) is 20.3 Å². The Kier molecular flexibility index (Phi) is 4.69. The summed E-state index contributed by atoms with van der Waals surface area (Å²) in [5.41, 5.74) is 1.45. The van der Waals surface area contributed by atoms with Crippen molar-refractivity contribution in [2.24, 2.45) is 11.3 Å². The van der Waals surface area contributed by atoms with E-state index in [-0.39, 0.29) is 11.6 Å². The lowest BCUT2D eigenvalue weighted by Gasteiger charge is -2.21. The molecule has 0 radical (unpaired) electrons. The van der Waals surface area contributed by atoms with Crippen LogP contribution in [0.3, 0.4) is 0 Å².